The number of rotatable bonds is 3. The van der Waals surface area contributed by atoms with Gasteiger partial charge in [-0.1, -0.05) is 32.6 Å². The highest BCUT2D eigenvalue weighted by Gasteiger charge is 2.45. The Morgan fingerprint density at radius 2 is 1.74 bits per heavy atom. The van der Waals surface area contributed by atoms with E-state index in [0.717, 1.165) is 32.1 Å². The summed E-state index contributed by atoms with van der Waals surface area (Å²) in [7, 11) is 0. The number of nitrogens with one attached hydrogen (secondary N) is 1. The van der Waals surface area contributed by atoms with Crippen LogP contribution in [0.3, 0.4) is 0 Å². The Balaban J connectivity index is 1.64. The molecule has 3 unspecified atom stereocenters. The number of imide groups is 1. The van der Waals surface area contributed by atoms with Gasteiger partial charge >= 0.3 is 0 Å². The SMILES string of the molecule is CC1CC1NC1CC(=O)N(C2CCCCCC2)C1=O. The number of nitrogens with zero attached hydrogens (tertiary/aromatic N) is 1. The molecule has 0 spiro atoms. The summed E-state index contributed by atoms with van der Waals surface area (Å²) in [6, 6.07) is 0.382. The summed E-state index contributed by atoms with van der Waals surface area (Å²) < 4.78 is 0. The summed E-state index contributed by atoms with van der Waals surface area (Å²) in [6.45, 7) is 2.18. The predicted molar refractivity (Wildman–Crippen MR) is 72.5 cm³/mol. The minimum Gasteiger partial charge on any atom is -0.302 e. The van der Waals surface area contributed by atoms with Gasteiger partial charge in [0.15, 0.2) is 0 Å². The highest BCUT2D eigenvalue weighted by molar-refractivity contribution is 6.05. The van der Waals surface area contributed by atoms with Crippen molar-refractivity contribution in [3.05, 3.63) is 0 Å². The lowest BCUT2D eigenvalue weighted by Gasteiger charge is -2.25. The van der Waals surface area contributed by atoms with Gasteiger partial charge in [0.25, 0.3) is 0 Å². The maximum absolute atomic E-state index is 12.4. The molecule has 1 aliphatic heterocycles. The molecule has 3 atom stereocenters. The summed E-state index contributed by atoms with van der Waals surface area (Å²) in [6.07, 6.45) is 8.31. The van der Waals surface area contributed by atoms with Crippen LogP contribution < -0.4 is 5.32 Å². The molecule has 1 N–H and O–H groups in total. The van der Waals surface area contributed by atoms with Crippen LogP contribution in [0.5, 0.6) is 0 Å². The fraction of sp³-hybridized carbons (Fsp3) is 0.867. The number of hydrogen-bond acceptors (Lipinski definition) is 3. The molecule has 0 aromatic rings. The van der Waals surface area contributed by atoms with E-state index in [1.165, 1.54) is 12.8 Å². The van der Waals surface area contributed by atoms with Crippen LogP contribution in [0, 0.1) is 5.92 Å². The van der Waals surface area contributed by atoms with Gasteiger partial charge in [-0.25, -0.2) is 0 Å². The van der Waals surface area contributed by atoms with Gasteiger partial charge in [0, 0.05) is 12.1 Å². The molecule has 1 saturated heterocycles. The summed E-state index contributed by atoms with van der Waals surface area (Å²) in [4.78, 5) is 26.2. The lowest BCUT2D eigenvalue weighted by molar-refractivity contribution is -0.141. The van der Waals surface area contributed by atoms with Crippen molar-refractivity contribution >= 4 is 11.8 Å². The topological polar surface area (TPSA) is 49.4 Å². The van der Waals surface area contributed by atoms with Crippen molar-refractivity contribution < 1.29 is 9.59 Å². The predicted octanol–water partition coefficient (Wildman–Crippen LogP) is 1.83. The van der Waals surface area contributed by atoms with Crippen LogP contribution in [-0.4, -0.2) is 34.8 Å². The largest absolute Gasteiger partial charge is 0.302 e. The molecule has 2 amide bonds. The standard InChI is InChI=1S/C15H24N2O2/c1-10-8-12(10)16-13-9-14(18)17(15(13)19)11-6-4-2-3-5-7-11/h10-13,16H,2-9H2,1H3. The first-order valence-electron chi connectivity index (χ1n) is 7.79. The van der Waals surface area contributed by atoms with Crippen LogP contribution in [0.4, 0.5) is 0 Å². The third-order valence-corrected chi connectivity index (χ3v) is 4.90. The van der Waals surface area contributed by atoms with Crippen molar-refractivity contribution in [3.8, 4) is 0 Å². The van der Waals surface area contributed by atoms with Crippen molar-refractivity contribution in [1.29, 1.82) is 0 Å². The van der Waals surface area contributed by atoms with Gasteiger partial charge in [0.2, 0.25) is 11.8 Å². The van der Waals surface area contributed by atoms with E-state index < -0.39 is 0 Å². The molecule has 0 bridgehead atoms. The molecule has 3 aliphatic rings. The van der Waals surface area contributed by atoms with Crippen LogP contribution >= 0.6 is 0 Å². The molecule has 0 aromatic heterocycles. The minimum absolute atomic E-state index is 0.0380. The number of carbonyl (C=O) groups excluding carboxylic acids is 2. The molecule has 19 heavy (non-hydrogen) atoms. The van der Waals surface area contributed by atoms with Gasteiger partial charge in [-0.15, -0.1) is 0 Å². The second kappa shape index (κ2) is 5.23. The molecule has 3 rings (SSSR count). The molecule has 2 aliphatic carbocycles. The van der Waals surface area contributed by atoms with Gasteiger partial charge in [0.1, 0.15) is 0 Å². The van der Waals surface area contributed by atoms with Gasteiger partial charge in [-0.2, -0.15) is 0 Å². The van der Waals surface area contributed by atoms with E-state index >= 15 is 0 Å². The van der Waals surface area contributed by atoms with Crippen molar-refractivity contribution in [2.75, 3.05) is 0 Å². The van der Waals surface area contributed by atoms with Crippen LogP contribution in [0.25, 0.3) is 0 Å². The Morgan fingerprint density at radius 3 is 2.32 bits per heavy atom. The maximum Gasteiger partial charge on any atom is 0.247 e. The number of carbonyl (C=O) groups is 2. The minimum atomic E-state index is -0.245. The molecule has 4 heteroatoms. The first kappa shape index (κ1) is 13.1. The van der Waals surface area contributed by atoms with Crippen molar-refractivity contribution in [1.82, 2.24) is 10.2 Å². The highest BCUT2D eigenvalue weighted by atomic mass is 16.2. The Labute approximate surface area is 114 Å². The average molecular weight is 264 g/mol. The molecule has 3 fully saturated rings. The fourth-order valence-electron chi connectivity index (χ4n) is 3.49. The quantitative estimate of drug-likeness (QED) is 0.625. The number of likely N-dealkylation sites (tertiary alicyclic amines) is 1. The van der Waals surface area contributed by atoms with Crippen LogP contribution in [-0.2, 0) is 9.59 Å². The van der Waals surface area contributed by atoms with Crippen molar-refractivity contribution in [2.24, 2.45) is 5.92 Å². The van der Waals surface area contributed by atoms with E-state index in [1.807, 2.05) is 0 Å². The van der Waals surface area contributed by atoms with Crippen molar-refractivity contribution in [3.63, 3.8) is 0 Å². The lowest BCUT2D eigenvalue weighted by atomic mass is 10.1. The molecule has 2 saturated carbocycles. The molecule has 0 aromatic carbocycles. The highest BCUT2D eigenvalue weighted by Crippen LogP contribution is 2.32. The van der Waals surface area contributed by atoms with E-state index in [1.54, 1.807) is 4.90 Å². The van der Waals surface area contributed by atoms with Crippen LogP contribution in [0.15, 0.2) is 0 Å². The zero-order valence-corrected chi connectivity index (χ0v) is 11.7. The monoisotopic (exact) mass is 264 g/mol. The fourth-order valence-corrected chi connectivity index (χ4v) is 3.49. The third kappa shape index (κ3) is 2.69. The number of hydrogen-bond donors (Lipinski definition) is 1. The third-order valence-electron chi connectivity index (χ3n) is 4.90. The summed E-state index contributed by atoms with van der Waals surface area (Å²) in [5.74, 6) is 0.744. The molecule has 1 heterocycles. The van der Waals surface area contributed by atoms with E-state index in [-0.39, 0.29) is 23.9 Å². The molecular weight excluding hydrogens is 240 g/mol. The van der Waals surface area contributed by atoms with Crippen molar-refractivity contribution in [2.45, 2.75) is 76.4 Å². The Morgan fingerprint density at radius 1 is 1.11 bits per heavy atom. The summed E-state index contributed by atoms with van der Waals surface area (Å²) >= 11 is 0. The van der Waals surface area contributed by atoms with E-state index in [9.17, 15) is 9.59 Å². The second-order valence-corrected chi connectivity index (χ2v) is 6.49. The zero-order chi connectivity index (χ0) is 13.4. The van der Waals surface area contributed by atoms with Crippen LogP contribution in [0.1, 0.15) is 58.3 Å². The molecular formula is C15H24N2O2. The molecule has 0 radical (unpaired) electrons. The average Bonchev–Trinajstić information content (AvgIpc) is 3.06. The smallest absolute Gasteiger partial charge is 0.247 e. The Kier molecular flexibility index (Phi) is 3.61. The second-order valence-electron chi connectivity index (χ2n) is 6.49. The zero-order valence-electron chi connectivity index (χ0n) is 11.7. The summed E-state index contributed by atoms with van der Waals surface area (Å²) in [5, 5.41) is 3.36. The van der Waals surface area contributed by atoms with Crippen LogP contribution in [0.2, 0.25) is 0 Å². The number of amides is 2. The first-order chi connectivity index (χ1) is 9.16. The molecule has 106 valence electrons. The van der Waals surface area contributed by atoms with E-state index in [0.29, 0.717) is 18.4 Å². The molecule has 4 nitrogen and oxygen atoms in total. The maximum atomic E-state index is 12.4. The lowest BCUT2D eigenvalue weighted by Crippen LogP contribution is -2.44. The van der Waals surface area contributed by atoms with E-state index in [4.69, 9.17) is 0 Å². The first-order valence-corrected chi connectivity index (χ1v) is 7.79. The van der Waals surface area contributed by atoms with Gasteiger partial charge in [0.05, 0.1) is 12.5 Å². The van der Waals surface area contributed by atoms with Gasteiger partial charge in [-0.3, -0.25) is 14.5 Å². The van der Waals surface area contributed by atoms with E-state index in [2.05, 4.69) is 12.2 Å². The Bertz CT molecular complexity index is 374. The Hall–Kier alpha value is -0.900. The summed E-state index contributed by atoms with van der Waals surface area (Å²) in [5.41, 5.74) is 0. The normalized spacial score (nSPS) is 36.7. The van der Waals surface area contributed by atoms with Gasteiger partial charge < -0.3 is 5.32 Å². The van der Waals surface area contributed by atoms with Gasteiger partial charge in [-0.05, 0) is 25.2 Å².